The Bertz CT molecular complexity index is 1040. The van der Waals surface area contributed by atoms with Crippen LogP contribution in [0.25, 0.3) is 33.1 Å². The summed E-state index contributed by atoms with van der Waals surface area (Å²) in [6.45, 7) is 0.596. The molecular weight excluding hydrogens is 319 g/mol. The Labute approximate surface area is 134 Å². The van der Waals surface area contributed by atoms with Crippen LogP contribution in [-0.4, -0.2) is 30.9 Å². The Morgan fingerprint density at radius 2 is 2.04 bits per heavy atom. The summed E-state index contributed by atoms with van der Waals surface area (Å²) in [6, 6.07) is 3.42. The van der Waals surface area contributed by atoms with Crippen molar-refractivity contribution in [3.63, 3.8) is 0 Å². The average molecular weight is 331 g/mol. The van der Waals surface area contributed by atoms with Gasteiger partial charge in [0.25, 0.3) is 0 Å². The number of aryl methyl sites for hydroxylation is 1. The van der Waals surface area contributed by atoms with Gasteiger partial charge in [-0.3, -0.25) is 14.6 Å². The monoisotopic (exact) mass is 331 g/mol. The fourth-order valence-electron chi connectivity index (χ4n) is 2.83. The molecule has 0 aliphatic heterocycles. The predicted octanol–water partition coefficient (Wildman–Crippen LogP) is 3.85. The molecule has 4 heterocycles. The molecule has 0 aliphatic rings. The van der Waals surface area contributed by atoms with Crippen LogP contribution in [-0.2, 0) is 6.54 Å². The fourth-order valence-corrected chi connectivity index (χ4v) is 2.83. The molecule has 0 saturated heterocycles. The minimum absolute atomic E-state index is 0.415. The molecule has 8 heteroatoms. The van der Waals surface area contributed by atoms with Crippen LogP contribution in [0.2, 0.25) is 0 Å². The first-order valence-electron chi connectivity index (χ1n) is 7.24. The molecule has 4 aromatic heterocycles. The molecule has 4 aromatic rings. The summed E-state index contributed by atoms with van der Waals surface area (Å²) in [7, 11) is 0. The largest absolute Gasteiger partial charge is 0.408 e. The molecule has 0 amide bonds. The number of nitrogens with one attached hydrogen (secondary N) is 1. The molecular formula is C16H12F3N5. The summed E-state index contributed by atoms with van der Waals surface area (Å²) in [5.41, 5.74) is 3.05. The lowest BCUT2D eigenvalue weighted by Crippen LogP contribution is -2.18. The van der Waals surface area contributed by atoms with E-state index in [-0.39, 0.29) is 0 Å². The van der Waals surface area contributed by atoms with Gasteiger partial charge in [0.15, 0.2) is 0 Å². The summed E-state index contributed by atoms with van der Waals surface area (Å²) in [5, 5.41) is 5.66. The number of hydrogen-bond donors (Lipinski definition) is 1. The van der Waals surface area contributed by atoms with Crippen molar-refractivity contribution in [2.24, 2.45) is 0 Å². The van der Waals surface area contributed by atoms with Gasteiger partial charge < -0.3 is 4.98 Å². The molecule has 0 spiro atoms. The van der Waals surface area contributed by atoms with Crippen molar-refractivity contribution in [2.75, 3.05) is 0 Å². The van der Waals surface area contributed by atoms with Crippen LogP contribution < -0.4 is 0 Å². The molecule has 0 atom stereocenters. The number of H-pyrrole nitrogens is 1. The van der Waals surface area contributed by atoms with E-state index in [2.05, 4.69) is 20.1 Å². The lowest BCUT2D eigenvalue weighted by atomic mass is 10.1. The zero-order chi connectivity index (χ0) is 16.9. The van der Waals surface area contributed by atoms with Gasteiger partial charge >= 0.3 is 6.18 Å². The van der Waals surface area contributed by atoms with Crippen LogP contribution in [0.4, 0.5) is 13.2 Å². The first-order valence-corrected chi connectivity index (χ1v) is 7.24. The van der Waals surface area contributed by atoms with E-state index in [4.69, 9.17) is 0 Å². The number of aromatic nitrogens is 5. The Morgan fingerprint density at radius 1 is 1.21 bits per heavy atom. The lowest BCUT2D eigenvalue weighted by Gasteiger charge is -2.07. The molecule has 0 saturated carbocycles. The van der Waals surface area contributed by atoms with Crippen molar-refractivity contribution in [1.82, 2.24) is 24.7 Å². The van der Waals surface area contributed by atoms with Crippen molar-refractivity contribution >= 4 is 21.8 Å². The van der Waals surface area contributed by atoms with Gasteiger partial charge in [-0.2, -0.15) is 18.3 Å². The number of nitrogens with zero attached hydrogens (tertiary/aromatic N) is 4. The highest BCUT2D eigenvalue weighted by Crippen LogP contribution is 2.33. The second-order valence-corrected chi connectivity index (χ2v) is 5.59. The smallest absolute Gasteiger partial charge is 0.359 e. The van der Waals surface area contributed by atoms with Gasteiger partial charge in [-0.15, -0.1) is 0 Å². The van der Waals surface area contributed by atoms with E-state index in [0.29, 0.717) is 22.3 Å². The molecule has 0 aromatic carbocycles. The maximum atomic E-state index is 12.9. The first kappa shape index (κ1) is 14.7. The zero-order valence-electron chi connectivity index (χ0n) is 12.6. The maximum absolute atomic E-state index is 12.9. The van der Waals surface area contributed by atoms with Gasteiger partial charge in [0.2, 0.25) is 0 Å². The number of fused-ring (bicyclic) bond motifs is 2. The van der Waals surface area contributed by atoms with Crippen molar-refractivity contribution in [1.29, 1.82) is 0 Å². The van der Waals surface area contributed by atoms with E-state index in [1.807, 2.05) is 0 Å². The zero-order valence-corrected chi connectivity index (χ0v) is 12.6. The number of alkyl halides is 3. The van der Waals surface area contributed by atoms with Crippen molar-refractivity contribution in [3.05, 3.63) is 42.6 Å². The second kappa shape index (κ2) is 5.05. The summed E-state index contributed by atoms with van der Waals surface area (Å²) in [4.78, 5) is 11.3. The van der Waals surface area contributed by atoms with Gasteiger partial charge in [-0.1, -0.05) is 0 Å². The molecule has 0 bridgehead atoms. The Morgan fingerprint density at radius 3 is 2.83 bits per heavy atom. The predicted molar refractivity (Wildman–Crippen MR) is 83.4 cm³/mol. The fraction of sp³-hybridized carbons (Fsp3) is 0.188. The highest BCUT2D eigenvalue weighted by Gasteiger charge is 2.30. The van der Waals surface area contributed by atoms with Gasteiger partial charge in [0, 0.05) is 40.6 Å². The van der Waals surface area contributed by atoms with Gasteiger partial charge in [-0.25, -0.2) is 0 Å². The molecule has 0 unspecified atom stereocenters. The van der Waals surface area contributed by atoms with Gasteiger partial charge in [0.1, 0.15) is 12.2 Å². The third-order valence-corrected chi connectivity index (χ3v) is 3.84. The number of hydrogen-bond acceptors (Lipinski definition) is 3. The topological polar surface area (TPSA) is 59.4 Å². The van der Waals surface area contributed by atoms with Gasteiger partial charge in [-0.05, 0) is 19.1 Å². The lowest BCUT2D eigenvalue weighted by molar-refractivity contribution is -0.141. The Balaban J connectivity index is 1.99. The van der Waals surface area contributed by atoms with Crippen molar-refractivity contribution in [3.8, 4) is 11.3 Å². The summed E-state index contributed by atoms with van der Waals surface area (Å²) >= 11 is 0. The molecule has 4 rings (SSSR count). The van der Waals surface area contributed by atoms with Crippen LogP contribution in [0.3, 0.4) is 0 Å². The van der Waals surface area contributed by atoms with Crippen LogP contribution in [0.5, 0.6) is 0 Å². The quantitative estimate of drug-likeness (QED) is 0.607. The molecule has 0 aliphatic carbocycles. The van der Waals surface area contributed by atoms with Crippen molar-refractivity contribution in [2.45, 2.75) is 19.6 Å². The first-order chi connectivity index (χ1) is 11.4. The highest BCUT2D eigenvalue weighted by atomic mass is 19.4. The molecule has 122 valence electrons. The maximum Gasteiger partial charge on any atom is 0.408 e. The van der Waals surface area contributed by atoms with Crippen LogP contribution in [0.15, 0.2) is 36.9 Å². The standard InChI is InChI=1S/C16H12F3N5/c1-9-4-14-12(6-21-9)15(23-24(14)8-16(17,18)19)11-5-22-13-7-20-3-2-10(11)13/h2-7,22H,8H2,1H3. The Kier molecular flexibility index (Phi) is 3.09. The second-order valence-electron chi connectivity index (χ2n) is 5.59. The van der Waals surface area contributed by atoms with Crippen LogP contribution >= 0.6 is 0 Å². The van der Waals surface area contributed by atoms with E-state index in [1.165, 1.54) is 0 Å². The molecule has 0 fully saturated rings. The van der Waals surface area contributed by atoms with E-state index in [0.717, 1.165) is 21.1 Å². The van der Waals surface area contributed by atoms with Crippen LogP contribution in [0.1, 0.15) is 5.69 Å². The third kappa shape index (κ3) is 2.40. The number of aromatic amines is 1. The normalized spacial score (nSPS) is 12.3. The van der Waals surface area contributed by atoms with Crippen molar-refractivity contribution < 1.29 is 13.2 Å². The highest BCUT2D eigenvalue weighted by molar-refractivity contribution is 6.02. The molecule has 1 N–H and O–H groups in total. The molecule has 5 nitrogen and oxygen atoms in total. The summed E-state index contributed by atoms with van der Waals surface area (Å²) in [5.74, 6) is 0. The number of halogens is 3. The molecule has 0 radical (unpaired) electrons. The van der Waals surface area contributed by atoms with Crippen LogP contribution in [0, 0.1) is 6.92 Å². The minimum atomic E-state index is -4.35. The Hall–Kier alpha value is -2.90. The third-order valence-electron chi connectivity index (χ3n) is 3.84. The summed E-state index contributed by atoms with van der Waals surface area (Å²) < 4.78 is 39.6. The minimum Gasteiger partial charge on any atom is -0.359 e. The van der Waals surface area contributed by atoms with E-state index < -0.39 is 12.7 Å². The molecule has 24 heavy (non-hydrogen) atoms. The van der Waals surface area contributed by atoms with E-state index >= 15 is 0 Å². The average Bonchev–Trinajstić information content (AvgIpc) is 3.07. The van der Waals surface area contributed by atoms with E-state index in [9.17, 15) is 13.2 Å². The van der Waals surface area contributed by atoms with E-state index in [1.54, 1.807) is 43.8 Å². The summed E-state index contributed by atoms with van der Waals surface area (Å²) in [6.07, 6.45) is 2.25. The number of rotatable bonds is 2. The van der Waals surface area contributed by atoms with Gasteiger partial charge in [0.05, 0.1) is 17.2 Å². The number of pyridine rings is 2. The SMILES string of the molecule is Cc1cc2c(cn1)c(-c1c[nH]c3cnccc13)nn2CC(F)(F)F.